The summed E-state index contributed by atoms with van der Waals surface area (Å²) < 4.78 is 5.35. The van der Waals surface area contributed by atoms with Crippen LogP contribution in [-0.2, 0) is 9.59 Å². The Hall–Kier alpha value is -1.84. The molecule has 1 aromatic carbocycles. The third-order valence-electron chi connectivity index (χ3n) is 11.2. The number of carbonyl (C=O) groups excluding carboxylic acids is 1. The van der Waals surface area contributed by atoms with Gasteiger partial charge in [-0.1, -0.05) is 256 Å². The quantitative estimate of drug-likeness (QED) is 0.0411. The molecule has 0 unspecified atom stereocenters. The zero-order chi connectivity index (χ0) is 38.0. The summed E-state index contributed by atoms with van der Waals surface area (Å²) in [6, 6.07) is 9.38. The summed E-state index contributed by atoms with van der Waals surface area (Å²) in [5.41, 5.74) is 0. The van der Waals surface area contributed by atoms with Gasteiger partial charge in [-0.3, -0.25) is 9.59 Å². The number of hydrogen-bond donors (Lipinski definition) is 1. The second-order valence-corrected chi connectivity index (χ2v) is 16.5. The minimum absolute atomic E-state index is 0.104. The number of para-hydroxylation sites is 1. The molecular formula is C49H88O4. The lowest BCUT2D eigenvalue weighted by Crippen LogP contribution is -2.07. The lowest BCUT2D eigenvalue weighted by molar-refractivity contribution is -0.137. The zero-order valence-electron chi connectivity index (χ0n) is 35.1. The number of esters is 1. The fourth-order valence-electron chi connectivity index (χ4n) is 7.76. The van der Waals surface area contributed by atoms with Crippen LogP contribution in [0.3, 0.4) is 0 Å². The van der Waals surface area contributed by atoms with Gasteiger partial charge < -0.3 is 9.84 Å². The molecule has 1 aromatic rings. The van der Waals surface area contributed by atoms with Gasteiger partial charge in [-0.25, -0.2) is 0 Å². The van der Waals surface area contributed by atoms with E-state index in [0.29, 0.717) is 18.6 Å². The molecule has 0 saturated carbocycles. The monoisotopic (exact) mass is 741 g/mol. The zero-order valence-corrected chi connectivity index (χ0v) is 35.1. The molecule has 0 aromatic heterocycles. The van der Waals surface area contributed by atoms with Gasteiger partial charge in [0.1, 0.15) is 5.75 Å². The molecule has 0 radical (unpaired) electrons. The van der Waals surface area contributed by atoms with Crippen LogP contribution >= 0.6 is 0 Å². The number of rotatable bonds is 43. The molecule has 1 N–H and O–H groups in total. The average Bonchev–Trinajstić information content (AvgIpc) is 3.15. The Bertz CT molecular complexity index is 884. The van der Waals surface area contributed by atoms with Crippen molar-refractivity contribution in [3.05, 3.63) is 30.3 Å². The van der Waals surface area contributed by atoms with Crippen molar-refractivity contribution in [3.8, 4) is 5.75 Å². The van der Waals surface area contributed by atoms with Crippen LogP contribution in [0.2, 0.25) is 0 Å². The summed E-state index contributed by atoms with van der Waals surface area (Å²) in [5.74, 6) is -0.102. The Morgan fingerprint density at radius 1 is 0.321 bits per heavy atom. The second-order valence-electron chi connectivity index (χ2n) is 16.5. The average molecular weight is 741 g/mol. The van der Waals surface area contributed by atoms with Crippen molar-refractivity contribution in [3.63, 3.8) is 0 Å². The van der Waals surface area contributed by atoms with E-state index in [0.717, 1.165) is 25.7 Å². The molecule has 0 saturated heterocycles. The highest BCUT2D eigenvalue weighted by Gasteiger charge is 2.04. The third-order valence-corrected chi connectivity index (χ3v) is 11.2. The maximum atomic E-state index is 11.9. The van der Waals surface area contributed by atoms with E-state index >= 15 is 0 Å². The van der Waals surface area contributed by atoms with E-state index in [1.54, 1.807) is 0 Å². The maximum Gasteiger partial charge on any atom is 0.311 e. The molecular weight excluding hydrogens is 653 g/mol. The van der Waals surface area contributed by atoms with Gasteiger partial charge in [0.15, 0.2) is 0 Å². The van der Waals surface area contributed by atoms with Gasteiger partial charge in [-0.15, -0.1) is 0 Å². The van der Waals surface area contributed by atoms with Crippen molar-refractivity contribution >= 4 is 11.9 Å². The standard InChI is InChI=1S/C49H88O4/c50-48(51)45-41-36-34-32-30-28-26-24-22-20-18-16-14-12-10-8-6-4-2-1-3-5-7-9-11-13-15-17-19-21-23-25-27-29-31-33-35-37-42-46-49(52)53-47-43-39-38-40-44-47/h38-40,43-44H,1-37,41-42,45-46H2,(H,50,51). The number of benzene rings is 1. The van der Waals surface area contributed by atoms with Crippen molar-refractivity contribution < 1.29 is 19.4 Å². The van der Waals surface area contributed by atoms with E-state index in [2.05, 4.69) is 0 Å². The van der Waals surface area contributed by atoms with Gasteiger partial charge >= 0.3 is 11.9 Å². The van der Waals surface area contributed by atoms with Crippen LogP contribution in [0.25, 0.3) is 0 Å². The van der Waals surface area contributed by atoms with E-state index in [1.165, 1.54) is 225 Å². The normalized spacial score (nSPS) is 11.3. The first-order chi connectivity index (χ1) is 26.2. The van der Waals surface area contributed by atoms with Gasteiger partial charge in [0.05, 0.1) is 0 Å². The van der Waals surface area contributed by atoms with Crippen LogP contribution in [0.4, 0.5) is 0 Å². The SMILES string of the molecule is O=C(O)CCCCCCCCCCCCCCCCCCCCCCCCCCCCCCCCCCCCCCCCCC(=O)Oc1ccccc1. The lowest BCUT2D eigenvalue weighted by atomic mass is 10.0. The molecule has 0 fully saturated rings. The predicted molar refractivity (Wildman–Crippen MR) is 229 cm³/mol. The molecule has 1 rings (SSSR count). The molecule has 0 amide bonds. The molecule has 308 valence electrons. The number of hydrogen-bond acceptors (Lipinski definition) is 3. The summed E-state index contributed by atoms with van der Waals surface area (Å²) in [6.45, 7) is 0. The summed E-state index contributed by atoms with van der Waals surface area (Å²) in [4.78, 5) is 22.4. The Morgan fingerprint density at radius 2 is 0.528 bits per heavy atom. The van der Waals surface area contributed by atoms with Crippen LogP contribution in [0.15, 0.2) is 30.3 Å². The van der Waals surface area contributed by atoms with Crippen LogP contribution in [0, 0.1) is 0 Å². The minimum Gasteiger partial charge on any atom is -0.481 e. The summed E-state index contributed by atoms with van der Waals surface area (Å²) in [5, 5.41) is 8.66. The molecule has 53 heavy (non-hydrogen) atoms. The van der Waals surface area contributed by atoms with Crippen LogP contribution in [0.1, 0.15) is 263 Å². The van der Waals surface area contributed by atoms with E-state index in [-0.39, 0.29) is 5.97 Å². The van der Waals surface area contributed by atoms with Gasteiger partial charge in [-0.2, -0.15) is 0 Å². The van der Waals surface area contributed by atoms with Gasteiger partial charge in [0, 0.05) is 12.8 Å². The summed E-state index contributed by atoms with van der Waals surface area (Å²) in [6.07, 6.45) is 54.3. The highest BCUT2D eigenvalue weighted by molar-refractivity contribution is 5.72. The molecule has 4 nitrogen and oxygen atoms in total. The van der Waals surface area contributed by atoms with Gasteiger partial charge in [-0.05, 0) is 25.0 Å². The number of aliphatic carboxylic acids is 1. The molecule has 0 heterocycles. The number of ether oxygens (including phenoxy) is 1. The minimum atomic E-state index is -0.651. The topological polar surface area (TPSA) is 63.6 Å². The Morgan fingerprint density at radius 3 is 0.755 bits per heavy atom. The first kappa shape index (κ1) is 49.2. The van der Waals surface area contributed by atoms with E-state index in [9.17, 15) is 9.59 Å². The van der Waals surface area contributed by atoms with Gasteiger partial charge in [0.25, 0.3) is 0 Å². The predicted octanol–water partition coefficient (Wildman–Crippen LogP) is 16.7. The lowest BCUT2D eigenvalue weighted by Gasteiger charge is -2.05. The van der Waals surface area contributed by atoms with Crippen molar-refractivity contribution in [2.24, 2.45) is 0 Å². The molecule has 0 atom stereocenters. The molecule has 0 bridgehead atoms. The van der Waals surface area contributed by atoms with Crippen molar-refractivity contribution in [2.45, 2.75) is 263 Å². The first-order valence-corrected chi connectivity index (χ1v) is 23.7. The number of carbonyl (C=O) groups is 2. The molecule has 0 aliphatic rings. The Balaban J connectivity index is 1.62. The van der Waals surface area contributed by atoms with Gasteiger partial charge in [0.2, 0.25) is 0 Å². The molecule has 4 heteroatoms. The Labute approximate surface area is 329 Å². The fraction of sp³-hybridized carbons (Fsp3) is 0.837. The van der Waals surface area contributed by atoms with Crippen molar-refractivity contribution in [2.75, 3.05) is 0 Å². The third kappa shape index (κ3) is 39.7. The summed E-state index contributed by atoms with van der Waals surface area (Å²) >= 11 is 0. The number of unbranched alkanes of at least 4 members (excludes halogenated alkanes) is 38. The largest absolute Gasteiger partial charge is 0.481 e. The molecule has 0 spiro atoms. The van der Waals surface area contributed by atoms with E-state index in [1.807, 2.05) is 30.3 Å². The first-order valence-electron chi connectivity index (χ1n) is 23.7. The van der Waals surface area contributed by atoms with E-state index in [4.69, 9.17) is 9.84 Å². The van der Waals surface area contributed by atoms with Crippen LogP contribution in [-0.4, -0.2) is 17.0 Å². The summed E-state index contributed by atoms with van der Waals surface area (Å²) in [7, 11) is 0. The smallest absolute Gasteiger partial charge is 0.311 e. The second kappa shape index (κ2) is 41.3. The van der Waals surface area contributed by atoms with Crippen LogP contribution in [0.5, 0.6) is 5.75 Å². The molecule has 0 aliphatic carbocycles. The number of carboxylic acids is 1. The number of carboxylic acid groups (broad SMARTS) is 1. The van der Waals surface area contributed by atoms with Crippen LogP contribution < -0.4 is 4.74 Å². The highest BCUT2D eigenvalue weighted by atomic mass is 16.5. The fourth-order valence-corrected chi connectivity index (χ4v) is 7.76. The molecule has 0 aliphatic heterocycles. The Kier molecular flexibility index (Phi) is 38.3. The van der Waals surface area contributed by atoms with Crippen molar-refractivity contribution in [1.29, 1.82) is 0 Å². The van der Waals surface area contributed by atoms with Crippen molar-refractivity contribution in [1.82, 2.24) is 0 Å². The van der Waals surface area contributed by atoms with E-state index < -0.39 is 5.97 Å². The maximum absolute atomic E-state index is 11.9. The highest BCUT2D eigenvalue weighted by Crippen LogP contribution is 2.18.